The van der Waals surface area contributed by atoms with Crippen molar-refractivity contribution < 1.29 is 14.2 Å². The van der Waals surface area contributed by atoms with Gasteiger partial charge in [0.25, 0.3) is 0 Å². The minimum absolute atomic E-state index is 0.455. The monoisotopic (exact) mass is 289 g/mol. The molecule has 0 saturated carbocycles. The van der Waals surface area contributed by atoms with Gasteiger partial charge in [-0.3, -0.25) is 0 Å². The van der Waals surface area contributed by atoms with Gasteiger partial charge in [-0.1, -0.05) is 0 Å². The summed E-state index contributed by atoms with van der Waals surface area (Å²) in [6.07, 6.45) is 0.934. The Hall–Kier alpha value is -1.05. The van der Waals surface area contributed by atoms with Gasteiger partial charge >= 0.3 is 0 Å². The van der Waals surface area contributed by atoms with Gasteiger partial charge in [-0.05, 0) is 24.9 Å². The molecule has 0 radical (unpaired) electrons. The summed E-state index contributed by atoms with van der Waals surface area (Å²) in [4.78, 5) is 2.18. The quantitative estimate of drug-likeness (QED) is 0.660. The highest BCUT2D eigenvalue weighted by Crippen LogP contribution is 2.38. The third-order valence-electron chi connectivity index (χ3n) is 2.58. The van der Waals surface area contributed by atoms with Crippen LogP contribution in [0.1, 0.15) is 13.3 Å². The van der Waals surface area contributed by atoms with Crippen LogP contribution in [-0.4, -0.2) is 51.5 Å². The first-order chi connectivity index (χ1) is 9.24. The molecule has 6 nitrogen and oxygen atoms in total. The lowest BCUT2D eigenvalue weighted by Gasteiger charge is -2.23. The van der Waals surface area contributed by atoms with Gasteiger partial charge in [-0.15, -0.1) is 0 Å². The molecule has 7 heteroatoms. The summed E-state index contributed by atoms with van der Waals surface area (Å²) in [5.74, 6) is 1.14. The molecule has 0 saturated heterocycles. The average Bonchev–Trinajstić information content (AvgIpc) is 2.76. The summed E-state index contributed by atoms with van der Waals surface area (Å²) in [5, 5.41) is 0.965. The lowest BCUT2D eigenvalue weighted by Crippen LogP contribution is -2.28. The molecule has 19 heavy (non-hydrogen) atoms. The maximum atomic E-state index is 5.84. The Labute approximate surface area is 118 Å². The lowest BCUT2D eigenvalue weighted by molar-refractivity contribution is 0.191. The van der Waals surface area contributed by atoms with E-state index in [1.54, 1.807) is 14.2 Å². The van der Waals surface area contributed by atoms with Crippen molar-refractivity contribution in [1.82, 2.24) is 4.37 Å². The topological polar surface area (TPSA) is 69.8 Å². The third-order valence-corrected chi connectivity index (χ3v) is 3.48. The fourth-order valence-electron chi connectivity index (χ4n) is 1.68. The molecule has 1 aromatic heterocycles. The highest BCUT2D eigenvalue weighted by molar-refractivity contribution is 7.11. The van der Waals surface area contributed by atoms with Crippen molar-refractivity contribution in [1.29, 1.82) is 0 Å². The van der Waals surface area contributed by atoms with Crippen molar-refractivity contribution in [2.45, 2.75) is 13.3 Å². The Morgan fingerprint density at radius 2 is 1.95 bits per heavy atom. The van der Waals surface area contributed by atoms with E-state index < -0.39 is 0 Å². The van der Waals surface area contributed by atoms with Gasteiger partial charge in [-0.25, -0.2) is 0 Å². The molecule has 0 bridgehead atoms. The van der Waals surface area contributed by atoms with Gasteiger partial charge in [0.2, 0.25) is 0 Å². The Morgan fingerprint density at radius 1 is 1.21 bits per heavy atom. The van der Waals surface area contributed by atoms with Crippen LogP contribution in [0.5, 0.6) is 5.75 Å². The first-order valence-electron chi connectivity index (χ1n) is 6.35. The number of methoxy groups -OCH3 is 2. The van der Waals surface area contributed by atoms with Crippen LogP contribution in [0.4, 0.5) is 10.8 Å². The molecule has 1 heterocycles. The molecule has 0 unspecified atom stereocenters. The number of anilines is 2. The van der Waals surface area contributed by atoms with E-state index in [2.05, 4.69) is 9.27 Å². The molecule has 1 rings (SSSR count). The molecule has 0 spiro atoms. The molecule has 0 aromatic carbocycles. The van der Waals surface area contributed by atoms with Crippen LogP contribution in [0.3, 0.4) is 0 Å². The van der Waals surface area contributed by atoms with E-state index in [-0.39, 0.29) is 0 Å². The number of nitrogen functional groups attached to an aromatic ring is 1. The first-order valence-corrected chi connectivity index (χ1v) is 7.12. The summed E-state index contributed by atoms with van der Waals surface area (Å²) in [6.45, 7) is 5.52. The lowest BCUT2D eigenvalue weighted by atomic mass is 10.3. The molecule has 2 N–H and O–H groups in total. The number of rotatable bonds is 10. The Kier molecular flexibility index (Phi) is 7.54. The third kappa shape index (κ3) is 4.85. The number of nitrogens with zero attached hydrogens (tertiary/aromatic N) is 2. The van der Waals surface area contributed by atoms with Crippen LogP contribution >= 0.6 is 11.5 Å². The zero-order valence-corrected chi connectivity index (χ0v) is 12.7. The van der Waals surface area contributed by atoms with Crippen molar-refractivity contribution in [2.75, 3.05) is 57.8 Å². The van der Waals surface area contributed by atoms with Crippen molar-refractivity contribution in [3.05, 3.63) is 0 Å². The number of aromatic nitrogens is 1. The number of nitrogens with two attached hydrogens (primary N) is 1. The summed E-state index contributed by atoms with van der Waals surface area (Å²) < 4.78 is 20.0. The highest BCUT2D eigenvalue weighted by Gasteiger charge is 2.18. The predicted octanol–water partition coefficient (Wildman–Crippen LogP) is 1.61. The Balaban J connectivity index is 2.76. The molecule has 0 aliphatic heterocycles. The van der Waals surface area contributed by atoms with Crippen molar-refractivity contribution in [3.8, 4) is 5.75 Å². The van der Waals surface area contributed by atoms with Gasteiger partial charge < -0.3 is 24.8 Å². The van der Waals surface area contributed by atoms with Crippen LogP contribution in [0.15, 0.2) is 0 Å². The average molecular weight is 289 g/mol. The molecule has 110 valence electrons. The zero-order chi connectivity index (χ0) is 14.1. The number of hydrogen-bond acceptors (Lipinski definition) is 7. The molecular formula is C12H23N3O3S. The van der Waals surface area contributed by atoms with Gasteiger partial charge in [0.1, 0.15) is 0 Å². The van der Waals surface area contributed by atoms with Crippen molar-refractivity contribution in [3.63, 3.8) is 0 Å². The molecular weight excluding hydrogens is 266 g/mol. The molecule has 0 amide bonds. The second-order valence-corrected chi connectivity index (χ2v) is 4.71. The summed E-state index contributed by atoms with van der Waals surface area (Å²) in [5.41, 5.74) is 5.84. The largest absolute Gasteiger partial charge is 0.487 e. The van der Waals surface area contributed by atoms with Crippen LogP contribution in [0, 0.1) is 0 Å². The van der Waals surface area contributed by atoms with Crippen LogP contribution in [0.2, 0.25) is 0 Å². The standard InChI is InChI=1S/C12H23N3O3S/c1-4-18-10-11(13)14-19-12(10)15(7-9-17-3)6-5-8-16-2/h4-9H2,1-3H3,(H2,13,14). The number of ether oxygens (including phenoxy) is 3. The molecule has 0 aliphatic rings. The van der Waals surface area contributed by atoms with E-state index in [9.17, 15) is 0 Å². The second-order valence-electron chi connectivity index (χ2n) is 3.96. The van der Waals surface area contributed by atoms with Crippen molar-refractivity contribution >= 4 is 22.4 Å². The maximum Gasteiger partial charge on any atom is 0.197 e. The fraction of sp³-hybridized carbons (Fsp3) is 0.750. The molecule has 0 aliphatic carbocycles. The minimum Gasteiger partial charge on any atom is -0.487 e. The molecule has 0 fully saturated rings. The van der Waals surface area contributed by atoms with E-state index in [4.69, 9.17) is 19.9 Å². The Morgan fingerprint density at radius 3 is 2.58 bits per heavy atom. The van der Waals surface area contributed by atoms with Gasteiger partial charge in [0.15, 0.2) is 16.6 Å². The van der Waals surface area contributed by atoms with E-state index >= 15 is 0 Å². The fourth-order valence-corrected chi connectivity index (χ4v) is 2.49. The Bertz CT molecular complexity index is 360. The SMILES string of the molecule is CCOc1c(N)nsc1N(CCCOC)CCOC. The van der Waals surface area contributed by atoms with E-state index in [0.717, 1.165) is 31.1 Å². The summed E-state index contributed by atoms with van der Waals surface area (Å²) >= 11 is 1.36. The number of hydrogen-bond donors (Lipinski definition) is 1. The second kappa shape index (κ2) is 8.95. The van der Waals surface area contributed by atoms with E-state index in [0.29, 0.717) is 24.8 Å². The van der Waals surface area contributed by atoms with Crippen LogP contribution < -0.4 is 15.4 Å². The van der Waals surface area contributed by atoms with Crippen molar-refractivity contribution in [2.24, 2.45) is 0 Å². The van der Waals surface area contributed by atoms with Crippen LogP contribution in [0.25, 0.3) is 0 Å². The minimum atomic E-state index is 0.455. The van der Waals surface area contributed by atoms with E-state index in [1.165, 1.54) is 11.5 Å². The zero-order valence-electron chi connectivity index (χ0n) is 11.8. The van der Waals surface area contributed by atoms with Crippen LogP contribution in [-0.2, 0) is 9.47 Å². The molecule has 1 aromatic rings. The van der Waals surface area contributed by atoms with Gasteiger partial charge in [0.05, 0.1) is 13.2 Å². The smallest absolute Gasteiger partial charge is 0.197 e. The molecule has 0 atom stereocenters. The van der Waals surface area contributed by atoms with Gasteiger partial charge in [0, 0.05) is 33.9 Å². The summed E-state index contributed by atoms with van der Waals surface area (Å²) in [7, 11) is 3.40. The first kappa shape index (κ1) is 16.0. The maximum absolute atomic E-state index is 5.84. The predicted molar refractivity (Wildman–Crippen MR) is 78.3 cm³/mol. The van der Waals surface area contributed by atoms with Gasteiger partial charge in [-0.2, -0.15) is 4.37 Å². The normalized spacial score (nSPS) is 10.7. The summed E-state index contributed by atoms with van der Waals surface area (Å²) in [6, 6.07) is 0. The van der Waals surface area contributed by atoms with E-state index in [1.807, 2.05) is 6.92 Å². The highest BCUT2D eigenvalue weighted by atomic mass is 32.1.